The van der Waals surface area contributed by atoms with E-state index in [0.717, 1.165) is 5.56 Å². The molecule has 2 nitrogen and oxygen atoms in total. The van der Waals surface area contributed by atoms with Crippen LogP contribution in [0.25, 0.3) is 6.08 Å². The number of hydrogen-bond acceptors (Lipinski definition) is 3. The van der Waals surface area contributed by atoms with Crippen LogP contribution in [0.2, 0.25) is 0 Å². The lowest BCUT2D eigenvalue weighted by atomic mass is 10.1. The molecule has 1 rings (SSSR count). The van der Waals surface area contributed by atoms with E-state index in [0.29, 0.717) is 0 Å². The fourth-order valence-electron chi connectivity index (χ4n) is 0.736. The highest BCUT2D eigenvalue weighted by atomic mass is 32.1. The van der Waals surface area contributed by atoms with Gasteiger partial charge in [-0.05, 0) is 35.4 Å². The van der Waals surface area contributed by atoms with E-state index >= 15 is 0 Å². The van der Waals surface area contributed by atoms with E-state index in [1.165, 1.54) is 18.3 Å². The third-order valence-electron chi connectivity index (χ3n) is 1.35. The highest BCUT2D eigenvalue weighted by Crippen LogP contribution is 2.10. The molecule has 0 aliphatic carbocycles. The van der Waals surface area contributed by atoms with Gasteiger partial charge in [0.2, 0.25) is 0 Å². The Balaban J connectivity index is 2.95. The Morgan fingerprint density at radius 1 is 1.75 bits per heavy atom. The molecule has 60 valence electrons. The van der Waals surface area contributed by atoms with Gasteiger partial charge in [0.15, 0.2) is 5.78 Å². The molecule has 0 aliphatic rings. The second-order valence-corrected chi connectivity index (χ2v) is 3.06. The summed E-state index contributed by atoms with van der Waals surface area (Å²) < 4.78 is 0. The molecule has 3 heteroatoms. The zero-order valence-electron chi connectivity index (χ0n) is 6.57. The van der Waals surface area contributed by atoms with E-state index in [4.69, 9.17) is 5.26 Å². The molecule has 0 fully saturated rings. The van der Waals surface area contributed by atoms with Gasteiger partial charge >= 0.3 is 0 Å². The number of allylic oxidation sites excluding steroid dienone is 1. The maximum absolute atomic E-state index is 10.8. The average Bonchev–Trinajstić information content (AvgIpc) is 2.51. The summed E-state index contributed by atoms with van der Waals surface area (Å²) in [6.45, 7) is 1.39. The highest BCUT2D eigenvalue weighted by molar-refractivity contribution is 7.08. The zero-order valence-corrected chi connectivity index (χ0v) is 7.39. The summed E-state index contributed by atoms with van der Waals surface area (Å²) >= 11 is 1.54. The maximum atomic E-state index is 10.8. The van der Waals surface area contributed by atoms with Gasteiger partial charge in [-0.2, -0.15) is 16.6 Å². The van der Waals surface area contributed by atoms with E-state index in [1.807, 2.05) is 22.9 Å². The van der Waals surface area contributed by atoms with Gasteiger partial charge in [0, 0.05) is 0 Å². The summed E-state index contributed by atoms with van der Waals surface area (Å²) in [7, 11) is 0. The molecule has 1 aromatic heterocycles. The predicted molar refractivity (Wildman–Crippen MR) is 48.6 cm³/mol. The van der Waals surface area contributed by atoms with Gasteiger partial charge in [-0.1, -0.05) is 0 Å². The number of carbonyl (C=O) groups excluding carboxylic acids is 1. The van der Waals surface area contributed by atoms with Gasteiger partial charge in [0.1, 0.15) is 6.07 Å². The van der Waals surface area contributed by atoms with Crippen LogP contribution in [-0.4, -0.2) is 5.78 Å². The van der Waals surface area contributed by atoms with Crippen molar-refractivity contribution in [1.82, 2.24) is 0 Å². The average molecular weight is 177 g/mol. The first-order valence-electron chi connectivity index (χ1n) is 3.39. The quantitative estimate of drug-likeness (QED) is 0.513. The van der Waals surface area contributed by atoms with Crippen LogP contribution in [0.5, 0.6) is 0 Å². The third-order valence-corrected chi connectivity index (χ3v) is 2.06. The molecule has 0 saturated carbocycles. The molecule has 1 aromatic rings. The number of nitriles is 1. The summed E-state index contributed by atoms with van der Waals surface area (Å²) in [5.41, 5.74) is 1.11. The number of carbonyl (C=O) groups is 1. The highest BCUT2D eigenvalue weighted by Gasteiger charge is 2.01. The predicted octanol–water partition coefficient (Wildman–Crippen LogP) is 2.24. The van der Waals surface area contributed by atoms with Crippen molar-refractivity contribution in [2.45, 2.75) is 6.92 Å². The van der Waals surface area contributed by atoms with E-state index in [1.54, 1.807) is 6.08 Å². The lowest BCUT2D eigenvalue weighted by molar-refractivity contribution is -0.113. The van der Waals surface area contributed by atoms with Gasteiger partial charge in [-0.15, -0.1) is 0 Å². The first-order chi connectivity index (χ1) is 5.74. The van der Waals surface area contributed by atoms with E-state index in [9.17, 15) is 4.79 Å². The van der Waals surface area contributed by atoms with Crippen LogP contribution in [0.3, 0.4) is 0 Å². The van der Waals surface area contributed by atoms with Crippen LogP contribution in [0.1, 0.15) is 12.5 Å². The first-order valence-corrected chi connectivity index (χ1v) is 4.33. The maximum Gasteiger partial charge on any atom is 0.170 e. The minimum atomic E-state index is -0.191. The van der Waals surface area contributed by atoms with Crippen molar-refractivity contribution in [2.75, 3.05) is 0 Å². The topological polar surface area (TPSA) is 40.9 Å². The molecule has 0 bridgehead atoms. The molecule has 0 amide bonds. The van der Waals surface area contributed by atoms with Crippen LogP contribution in [0, 0.1) is 11.3 Å². The van der Waals surface area contributed by atoms with E-state index in [-0.39, 0.29) is 11.4 Å². The summed E-state index contributed by atoms with van der Waals surface area (Å²) in [5, 5.41) is 12.4. The summed E-state index contributed by atoms with van der Waals surface area (Å²) in [6.07, 6.45) is 1.60. The van der Waals surface area contributed by atoms with Gasteiger partial charge < -0.3 is 0 Å². The fraction of sp³-hybridized carbons (Fsp3) is 0.111. The summed E-state index contributed by atoms with van der Waals surface area (Å²) in [6, 6.07) is 3.72. The molecular weight excluding hydrogens is 170 g/mol. The van der Waals surface area contributed by atoms with Gasteiger partial charge in [0.25, 0.3) is 0 Å². The van der Waals surface area contributed by atoms with Crippen molar-refractivity contribution in [3.63, 3.8) is 0 Å². The molecule has 0 atom stereocenters. The Morgan fingerprint density at radius 3 is 2.92 bits per heavy atom. The van der Waals surface area contributed by atoms with E-state index in [2.05, 4.69) is 0 Å². The van der Waals surface area contributed by atoms with Crippen molar-refractivity contribution in [2.24, 2.45) is 0 Å². The smallest absolute Gasteiger partial charge is 0.170 e. The zero-order chi connectivity index (χ0) is 8.97. The minimum absolute atomic E-state index is 0.191. The van der Waals surface area contributed by atoms with Crippen molar-refractivity contribution in [3.8, 4) is 6.07 Å². The number of Topliss-reactive ketones (excluding diaryl/α,β-unsaturated/α-hetero) is 1. The SMILES string of the molecule is CC(=O)/C(C#N)=C/c1ccsc1. The number of nitrogens with zero attached hydrogens (tertiary/aromatic N) is 1. The Morgan fingerprint density at radius 2 is 2.50 bits per heavy atom. The van der Waals surface area contributed by atoms with Crippen LogP contribution < -0.4 is 0 Å². The molecule has 0 radical (unpaired) electrons. The molecule has 12 heavy (non-hydrogen) atoms. The normalized spacial score (nSPS) is 10.8. The van der Waals surface area contributed by atoms with Gasteiger partial charge in [0.05, 0.1) is 5.57 Å². The second kappa shape index (κ2) is 3.84. The van der Waals surface area contributed by atoms with E-state index < -0.39 is 0 Å². The number of thiophene rings is 1. The van der Waals surface area contributed by atoms with Crippen molar-refractivity contribution in [3.05, 3.63) is 28.0 Å². The van der Waals surface area contributed by atoms with Crippen LogP contribution in [-0.2, 0) is 4.79 Å². The van der Waals surface area contributed by atoms with Crippen molar-refractivity contribution >= 4 is 23.2 Å². The lowest BCUT2D eigenvalue weighted by Crippen LogP contribution is -1.92. The summed E-state index contributed by atoms with van der Waals surface area (Å²) in [4.78, 5) is 10.8. The minimum Gasteiger partial charge on any atom is -0.294 e. The Hall–Kier alpha value is -1.40. The fourth-order valence-corrected chi connectivity index (χ4v) is 1.35. The van der Waals surface area contributed by atoms with Crippen molar-refractivity contribution < 1.29 is 4.79 Å². The Kier molecular flexibility index (Phi) is 2.78. The second-order valence-electron chi connectivity index (χ2n) is 2.28. The molecular formula is C9H7NOS. The molecule has 0 spiro atoms. The van der Waals surface area contributed by atoms with Gasteiger partial charge in [-0.3, -0.25) is 4.79 Å². The largest absolute Gasteiger partial charge is 0.294 e. The molecule has 1 heterocycles. The molecule has 0 aliphatic heterocycles. The number of ketones is 1. The number of rotatable bonds is 2. The first kappa shape index (κ1) is 8.69. The summed E-state index contributed by atoms with van der Waals surface area (Å²) in [5.74, 6) is -0.191. The molecule has 0 aromatic carbocycles. The van der Waals surface area contributed by atoms with Crippen LogP contribution in [0.15, 0.2) is 22.4 Å². The van der Waals surface area contributed by atoms with Crippen molar-refractivity contribution in [1.29, 1.82) is 5.26 Å². The molecule has 0 unspecified atom stereocenters. The lowest BCUT2D eigenvalue weighted by Gasteiger charge is -1.87. The number of hydrogen-bond donors (Lipinski definition) is 0. The molecule has 0 saturated heterocycles. The van der Waals surface area contributed by atoms with Gasteiger partial charge in [-0.25, -0.2) is 0 Å². The standard InChI is InChI=1S/C9H7NOS/c1-7(11)9(5-10)4-8-2-3-12-6-8/h2-4,6H,1H3/b9-4+. The third kappa shape index (κ3) is 2.04. The Labute approximate surface area is 74.8 Å². The van der Waals surface area contributed by atoms with Crippen LogP contribution >= 0.6 is 11.3 Å². The molecule has 0 N–H and O–H groups in total. The van der Waals surface area contributed by atoms with Crippen LogP contribution in [0.4, 0.5) is 0 Å². The Bertz CT molecular complexity index is 343. The monoisotopic (exact) mass is 177 g/mol.